The van der Waals surface area contributed by atoms with Gasteiger partial charge in [0, 0.05) is 12.1 Å². The Morgan fingerprint density at radius 3 is 2.60 bits per heavy atom. The molecule has 0 spiro atoms. The smallest absolute Gasteiger partial charge is 0.240 e. The molecule has 0 unspecified atom stereocenters. The van der Waals surface area contributed by atoms with Gasteiger partial charge in [-0.1, -0.05) is 6.07 Å². The highest BCUT2D eigenvalue weighted by Gasteiger charge is 2.39. The van der Waals surface area contributed by atoms with E-state index in [1.807, 2.05) is 20.2 Å². The second-order valence-electron chi connectivity index (χ2n) is 5.44. The van der Waals surface area contributed by atoms with Gasteiger partial charge in [0.25, 0.3) is 0 Å². The molecule has 1 aromatic rings. The molecular weight excluding hydrogens is 274 g/mol. The van der Waals surface area contributed by atoms with Crippen molar-refractivity contribution in [3.8, 4) is 6.07 Å². The number of rotatable bonds is 5. The molecule has 2 rings (SSSR count). The Bertz CT molecular complexity index is 628. The SMILES string of the molecule is CN(C)C1(CNS(=O)(=O)c2cccc(C#N)c2)CCC1. The number of nitrogens with zero attached hydrogens (tertiary/aromatic N) is 2. The fourth-order valence-corrected chi connectivity index (χ4v) is 3.58. The minimum Gasteiger partial charge on any atom is -0.302 e. The Morgan fingerprint density at radius 1 is 1.40 bits per heavy atom. The maximum absolute atomic E-state index is 12.3. The molecule has 0 amide bonds. The monoisotopic (exact) mass is 293 g/mol. The first-order valence-corrected chi connectivity index (χ1v) is 8.05. The van der Waals surface area contributed by atoms with Crippen LogP contribution in [0.1, 0.15) is 24.8 Å². The Balaban J connectivity index is 2.13. The van der Waals surface area contributed by atoms with Crippen LogP contribution in [0.25, 0.3) is 0 Å². The minimum atomic E-state index is -3.56. The summed E-state index contributed by atoms with van der Waals surface area (Å²) in [6.45, 7) is 0.402. The van der Waals surface area contributed by atoms with Crippen molar-refractivity contribution in [1.82, 2.24) is 9.62 Å². The van der Waals surface area contributed by atoms with Gasteiger partial charge in [0.15, 0.2) is 0 Å². The van der Waals surface area contributed by atoms with Gasteiger partial charge in [-0.3, -0.25) is 0 Å². The molecule has 1 aliphatic rings. The molecule has 1 aromatic carbocycles. The summed E-state index contributed by atoms with van der Waals surface area (Å²) in [5.74, 6) is 0. The molecule has 5 nitrogen and oxygen atoms in total. The van der Waals surface area contributed by atoms with Crippen molar-refractivity contribution in [3.05, 3.63) is 29.8 Å². The molecule has 1 N–H and O–H groups in total. The summed E-state index contributed by atoms with van der Waals surface area (Å²) >= 11 is 0. The average molecular weight is 293 g/mol. The van der Waals surface area contributed by atoms with Crippen LogP contribution < -0.4 is 4.72 Å². The average Bonchev–Trinajstić information content (AvgIpc) is 2.37. The molecule has 1 saturated carbocycles. The topological polar surface area (TPSA) is 73.2 Å². The van der Waals surface area contributed by atoms with Crippen LogP contribution in [0.3, 0.4) is 0 Å². The molecule has 0 aliphatic heterocycles. The zero-order chi connectivity index (χ0) is 14.8. The van der Waals surface area contributed by atoms with Gasteiger partial charge < -0.3 is 4.90 Å². The summed E-state index contributed by atoms with van der Waals surface area (Å²) in [5.41, 5.74) is 0.277. The van der Waals surface area contributed by atoms with Crippen LogP contribution in [-0.4, -0.2) is 39.5 Å². The highest BCUT2D eigenvalue weighted by molar-refractivity contribution is 7.89. The van der Waals surface area contributed by atoms with Crippen LogP contribution in [-0.2, 0) is 10.0 Å². The van der Waals surface area contributed by atoms with Gasteiger partial charge >= 0.3 is 0 Å². The van der Waals surface area contributed by atoms with E-state index in [4.69, 9.17) is 5.26 Å². The lowest BCUT2D eigenvalue weighted by Crippen LogP contribution is -2.57. The van der Waals surface area contributed by atoms with Crippen LogP contribution in [0.4, 0.5) is 0 Å². The van der Waals surface area contributed by atoms with Crippen LogP contribution in [0.15, 0.2) is 29.2 Å². The first-order chi connectivity index (χ1) is 9.39. The van der Waals surface area contributed by atoms with Crippen LogP contribution in [0.2, 0.25) is 0 Å². The molecule has 1 aliphatic carbocycles. The maximum atomic E-state index is 12.3. The number of nitriles is 1. The molecule has 0 saturated heterocycles. The summed E-state index contributed by atoms with van der Waals surface area (Å²) in [6.07, 6.45) is 3.13. The predicted octanol–water partition coefficient (Wildman–Crippen LogP) is 1.32. The third-order valence-electron chi connectivity index (χ3n) is 4.10. The van der Waals surface area contributed by atoms with Gasteiger partial charge in [-0.15, -0.1) is 0 Å². The summed E-state index contributed by atoms with van der Waals surface area (Å²) in [5, 5.41) is 8.84. The van der Waals surface area contributed by atoms with Gasteiger partial charge in [-0.05, 0) is 51.6 Å². The zero-order valence-corrected chi connectivity index (χ0v) is 12.6. The number of sulfonamides is 1. The summed E-state index contributed by atoms with van der Waals surface area (Å²) in [6, 6.07) is 8.02. The van der Waals surface area contributed by atoms with Gasteiger partial charge in [-0.2, -0.15) is 5.26 Å². The van der Waals surface area contributed by atoms with Crippen molar-refractivity contribution in [2.24, 2.45) is 0 Å². The molecule has 0 bridgehead atoms. The molecule has 1 fully saturated rings. The van der Waals surface area contributed by atoms with Gasteiger partial charge in [0.2, 0.25) is 10.0 Å². The van der Waals surface area contributed by atoms with E-state index in [9.17, 15) is 8.42 Å². The Labute approximate surface area is 120 Å². The van der Waals surface area contributed by atoms with Gasteiger partial charge in [0.1, 0.15) is 0 Å². The van der Waals surface area contributed by atoms with Crippen molar-refractivity contribution >= 4 is 10.0 Å². The van der Waals surface area contributed by atoms with Crippen LogP contribution in [0.5, 0.6) is 0 Å². The normalized spacial score (nSPS) is 17.5. The summed E-state index contributed by atoms with van der Waals surface area (Å²) in [4.78, 5) is 2.23. The predicted molar refractivity (Wildman–Crippen MR) is 76.6 cm³/mol. The standard InChI is InChI=1S/C14H19N3O2S/c1-17(2)14(7-4-8-14)11-16-20(18,19)13-6-3-5-12(9-13)10-15/h3,5-6,9,16H,4,7-8,11H2,1-2H3. The highest BCUT2D eigenvalue weighted by atomic mass is 32.2. The lowest BCUT2D eigenvalue weighted by Gasteiger charge is -2.47. The van der Waals surface area contributed by atoms with E-state index in [0.717, 1.165) is 19.3 Å². The number of hydrogen-bond donors (Lipinski definition) is 1. The molecule has 20 heavy (non-hydrogen) atoms. The van der Waals surface area contributed by atoms with E-state index < -0.39 is 10.0 Å². The summed E-state index contributed by atoms with van der Waals surface area (Å²) in [7, 11) is 0.388. The molecule has 6 heteroatoms. The van der Waals surface area contributed by atoms with E-state index in [2.05, 4.69) is 9.62 Å². The molecular formula is C14H19N3O2S. The van der Waals surface area contributed by atoms with E-state index in [0.29, 0.717) is 12.1 Å². The minimum absolute atomic E-state index is 0.0695. The van der Waals surface area contributed by atoms with Crippen LogP contribution in [0, 0.1) is 11.3 Å². The molecule has 0 heterocycles. The largest absolute Gasteiger partial charge is 0.302 e. The van der Waals surface area contributed by atoms with Gasteiger partial charge in [-0.25, -0.2) is 13.1 Å². The Kier molecular flexibility index (Phi) is 4.14. The van der Waals surface area contributed by atoms with Crippen molar-refractivity contribution < 1.29 is 8.42 Å². The fraction of sp³-hybridized carbons (Fsp3) is 0.500. The third-order valence-corrected chi connectivity index (χ3v) is 5.50. The number of benzene rings is 1. The third kappa shape index (κ3) is 2.85. The van der Waals surface area contributed by atoms with Crippen molar-refractivity contribution in [2.75, 3.05) is 20.6 Å². The number of likely N-dealkylation sites (N-methyl/N-ethyl adjacent to an activating group) is 1. The Hall–Kier alpha value is -1.42. The van der Waals surface area contributed by atoms with E-state index in [1.54, 1.807) is 12.1 Å². The van der Waals surface area contributed by atoms with E-state index in [1.165, 1.54) is 12.1 Å². The van der Waals surface area contributed by atoms with E-state index in [-0.39, 0.29) is 10.4 Å². The lowest BCUT2D eigenvalue weighted by molar-refractivity contribution is 0.0657. The van der Waals surface area contributed by atoms with Crippen molar-refractivity contribution in [3.63, 3.8) is 0 Å². The highest BCUT2D eigenvalue weighted by Crippen LogP contribution is 2.35. The van der Waals surface area contributed by atoms with Crippen LogP contribution >= 0.6 is 0 Å². The first kappa shape index (κ1) is 15.0. The first-order valence-electron chi connectivity index (χ1n) is 6.57. The molecule has 0 radical (unpaired) electrons. The fourth-order valence-electron chi connectivity index (χ4n) is 2.41. The molecule has 0 atom stereocenters. The summed E-state index contributed by atoms with van der Waals surface area (Å²) < 4.78 is 27.2. The molecule has 0 aromatic heterocycles. The number of nitrogens with one attached hydrogen (secondary N) is 1. The van der Waals surface area contributed by atoms with Gasteiger partial charge in [0.05, 0.1) is 16.5 Å². The number of hydrogen-bond acceptors (Lipinski definition) is 4. The van der Waals surface area contributed by atoms with E-state index >= 15 is 0 Å². The quantitative estimate of drug-likeness (QED) is 0.888. The zero-order valence-electron chi connectivity index (χ0n) is 11.8. The maximum Gasteiger partial charge on any atom is 0.240 e. The molecule has 108 valence electrons. The van der Waals surface area contributed by atoms with Crippen molar-refractivity contribution in [1.29, 1.82) is 5.26 Å². The lowest BCUT2D eigenvalue weighted by atomic mass is 9.76. The second kappa shape index (κ2) is 5.52. The van der Waals surface area contributed by atoms with Crippen molar-refractivity contribution in [2.45, 2.75) is 29.7 Å². The Morgan fingerprint density at radius 2 is 2.10 bits per heavy atom. The second-order valence-corrected chi connectivity index (χ2v) is 7.20.